The molecule has 1 atom stereocenters. The highest BCUT2D eigenvalue weighted by molar-refractivity contribution is 4.84. The van der Waals surface area contributed by atoms with E-state index in [1.807, 2.05) is 0 Å². The maximum atomic E-state index is 2.82. The van der Waals surface area contributed by atoms with Gasteiger partial charge >= 0.3 is 0 Å². The van der Waals surface area contributed by atoms with Gasteiger partial charge in [0, 0.05) is 31.7 Å². The minimum atomic E-state index is 0.844. The van der Waals surface area contributed by atoms with Gasteiger partial charge < -0.3 is 4.90 Å². The maximum absolute atomic E-state index is 2.82. The number of likely N-dealkylation sites (tertiary alicyclic amines) is 1. The summed E-state index contributed by atoms with van der Waals surface area (Å²) in [6.07, 6.45) is 11.6. The highest BCUT2D eigenvalue weighted by Crippen LogP contribution is 2.24. The zero-order chi connectivity index (χ0) is 14.5. The van der Waals surface area contributed by atoms with Crippen LogP contribution in [0.1, 0.15) is 58.3 Å². The summed E-state index contributed by atoms with van der Waals surface area (Å²) in [6.45, 7) is 11.5. The van der Waals surface area contributed by atoms with Crippen LogP contribution in [0, 0.1) is 0 Å². The molecule has 2 aliphatic heterocycles. The molecule has 3 nitrogen and oxygen atoms in total. The lowest BCUT2D eigenvalue weighted by atomic mass is 9.94. The summed E-state index contributed by atoms with van der Waals surface area (Å²) in [4.78, 5) is 8.29. The molecule has 21 heavy (non-hydrogen) atoms. The van der Waals surface area contributed by atoms with Crippen molar-refractivity contribution in [2.24, 2.45) is 0 Å². The predicted octanol–water partition coefficient (Wildman–Crippen LogP) is 2.81. The molecule has 1 unspecified atom stereocenters. The molecule has 1 saturated carbocycles. The Labute approximate surface area is 131 Å². The second-order valence-electron chi connectivity index (χ2n) is 7.41. The fourth-order valence-electron chi connectivity index (χ4n) is 4.80. The van der Waals surface area contributed by atoms with Gasteiger partial charge in [-0.1, -0.05) is 26.2 Å². The van der Waals surface area contributed by atoms with Crippen LogP contribution in [0.2, 0.25) is 0 Å². The molecule has 2 heterocycles. The summed E-state index contributed by atoms with van der Waals surface area (Å²) in [6, 6.07) is 1.76. The van der Waals surface area contributed by atoms with E-state index >= 15 is 0 Å². The van der Waals surface area contributed by atoms with E-state index in [0.29, 0.717) is 0 Å². The predicted molar refractivity (Wildman–Crippen MR) is 89.8 cm³/mol. The molecule has 3 fully saturated rings. The number of likely N-dealkylation sites (N-methyl/N-ethyl adjacent to an activating group) is 1. The average molecular weight is 293 g/mol. The van der Waals surface area contributed by atoms with Crippen LogP contribution >= 0.6 is 0 Å². The Bertz CT molecular complexity index is 301. The van der Waals surface area contributed by atoms with Gasteiger partial charge in [-0.25, -0.2) is 0 Å². The first-order chi connectivity index (χ1) is 10.4. The summed E-state index contributed by atoms with van der Waals surface area (Å²) in [7, 11) is 0. The third-order valence-electron chi connectivity index (χ3n) is 6.09. The van der Waals surface area contributed by atoms with E-state index < -0.39 is 0 Å². The van der Waals surface area contributed by atoms with Gasteiger partial charge in [0.2, 0.25) is 0 Å². The molecular formula is C18H35N3. The lowest BCUT2D eigenvalue weighted by Gasteiger charge is -2.33. The third-order valence-corrected chi connectivity index (χ3v) is 6.09. The number of nitrogens with zero attached hydrogens (tertiary/aromatic N) is 3. The van der Waals surface area contributed by atoms with Crippen LogP contribution < -0.4 is 0 Å². The van der Waals surface area contributed by atoms with Crippen molar-refractivity contribution in [3.05, 3.63) is 0 Å². The van der Waals surface area contributed by atoms with Crippen molar-refractivity contribution < 1.29 is 0 Å². The van der Waals surface area contributed by atoms with E-state index in [4.69, 9.17) is 0 Å². The molecule has 3 rings (SSSR count). The molecule has 0 aromatic carbocycles. The summed E-state index contributed by atoms with van der Waals surface area (Å²) in [5, 5.41) is 0. The van der Waals surface area contributed by atoms with Crippen molar-refractivity contribution in [1.82, 2.24) is 14.7 Å². The second kappa shape index (κ2) is 7.94. The molecule has 0 radical (unpaired) electrons. The molecule has 122 valence electrons. The van der Waals surface area contributed by atoms with Crippen LogP contribution in [0.15, 0.2) is 0 Å². The van der Waals surface area contributed by atoms with E-state index in [-0.39, 0.29) is 0 Å². The number of hydrogen-bond acceptors (Lipinski definition) is 3. The maximum Gasteiger partial charge on any atom is 0.0223 e. The minimum absolute atomic E-state index is 0.844. The Morgan fingerprint density at radius 2 is 1.62 bits per heavy atom. The van der Waals surface area contributed by atoms with Crippen molar-refractivity contribution >= 4 is 0 Å². The molecule has 0 aromatic rings. The van der Waals surface area contributed by atoms with Crippen LogP contribution in [-0.4, -0.2) is 72.6 Å². The van der Waals surface area contributed by atoms with Crippen molar-refractivity contribution in [2.45, 2.75) is 70.4 Å². The van der Waals surface area contributed by atoms with Gasteiger partial charge in [0.1, 0.15) is 0 Å². The normalized spacial score (nSPS) is 31.6. The molecule has 0 N–H and O–H groups in total. The summed E-state index contributed by atoms with van der Waals surface area (Å²) >= 11 is 0. The Kier molecular flexibility index (Phi) is 5.96. The van der Waals surface area contributed by atoms with E-state index in [2.05, 4.69) is 21.6 Å². The molecule has 0 amide bonds. The topological polar surface area (TPSA) is 9.72 Å². The molecule has 0 spiro atoms. The van der Waals surface area contributed by atoms with Gasteiger partial charge in [0.25, 0.3) is 0 Å². The summed E-state index contributed by atoms with van der Waals surface area (Å²) in [5.74, 6) is 0. The zero-order valence-electron chi connectivity index (χ0n) is 14.1. The van der Waals surface area contributed by atoms with Gasteiger partial charge in [-0.3, -0.25) is 9.80 Å². The first kappa shape index (κ1) is 15.8. The van der Waals surface area contributed by atoms with E-state index in [1.54, 1.807) is 0 Å². The lowest BCUT2D eigenvalue weighted by molar-refractivity contribution is 0.150. The smallest absolute Gasteiger partial charge is 0.0223 e. The highest BCUT2D eigenvalue weighted by Gasteiger charge is 2.27. The van der Waals surface area contributed by atoms with Crippen LogP contribution in [0.25, 0.3) is 0 Å². The van der Waals surface area contributed by atoms with Crippen LogP contribution in [0.4, 0.5) is 0 Å². The molecule has 0 aromatic heterocycles. The van der Waals surface area contributed by atoms with Gasteiger partial charge in [-0.05, 0) is 58.3 Å². The molecular weight excluding hydrogens is 258 g/mol. The molecule has 1 aliphatic carbocycles. The Morgan fingerprint density at radius 3 is 2.43 bits per heavy atom. The first-order valence-corrected chi connectivity index (χ1v) is 9.57. The lowest BCUT2D eigenvalue weighted by Crippen LogP contribution is -2.43. The Morgan fingerprint density at radius 1 is 0.762 bits per heavy atom. The van der Waals surface area contributed by atoms with Crippen LogP contribution in [0.3, 0.4) is 0 Å². The van der Waals surface area contributed by atoms with Crippen molar-refractivity contribution in [1.29, 1.82) is 0 Å². The largest absolute Gasteiger partial charge is 0.300 e. The van der Waals surface area contributed by atoms with Gasteiger partial charge in [-0.15, -0.1) is 0 Å². The molecule has 3 aliphatic rings. The fourth-order valence-corrected chi connectivity index (χ4v) is 4.80. The highest BCUT2D eigenvalue weighted by atomic mass is 15.3. The van der Waals surface area contributed by atoms with Crippen LogP contribution in [0.5, 0.6) is 0 Å². The quantitative estimate of drug-likeness (QED) is 0.789. The van der Waals surface area contributed by atoms with E-state index in [9.17, 15) is 0 Å². The average Bonchev–Trinajstić information content (AvgIpc) is 2.84. The molecule has 3 heteroatoms. The number of hydrogen-bond donors (Lipinski definition) is 0. The van der Waals surface area contributed by atoms with Crippen molar-refractivity contribution in [3.63, 3.8) is 0 Å². The van der Waals surface area contributed by atoms with Gasteiger partial charge in [0.05, 0.1) is 0 Å². The van der Waals surface area contributed by atoms with Crippen LogP contribution in [-0.2, 0) is 0 Å². The SMILES string of the molecule is CCN1CCCC1CN1CCCN(C2CCCCC2)CC1. The van der Waals surface area contributed by atoms with E-state index in [0.717, 1.165) is 12.1 Å². The third kappa shape index (κ3) is 4.20. The number of rotatable bonds is 4. The Balaban J connectivity index is 1.46. The molecule has 2 saturated heterocycles. The minimum Gasteiger partial charge on any atom is -0.300 e. The second-order valence-corrected chi connectivity index (χ2v) is 7.41. The fraction of sp³-hybridized carbons (Fsp3) is 1.00. The van der Waals surface area contributed by atoms with Crippen molar-refractivity contribution in [2.75, 3.05) is 45.8 Å². The Hall–Kier alpha value is -0.120. The monoisotopic (exact) mass is 293 g/mol. The molecule has 0 bridgehead atoms. The van der Waals surface area contributed by atoms with Crippen molar-refractivity contribution in [3.8, 4) is 0 Å². The summed E-state index contributed by atoms with van der Waals surface area (Å²) < 4.78 is 0. The van der Waals surface area contributed by atoms with Gasteiger partial charge in [0.15, 0.2) is 0 Å². The first-order valence-electron chi connectivity index (χ1n) is 9.57. The zero-order valence-corrected chi connectivity index (χ0v) is 14.1. The summed E-state index contributed by atoms with van der Waals surface area (Å²) in [5.41, 5.74) is 0. The standard InChI is InChI=1S/C18H35N3/c1-2-20-12-6-10-18(20)16-19-11-7-13-21(15-14-19)17-8-4-3-5-9-17/h17-18H,2-16H2,1H3. The van der Waals surface area contributed by atoms with Gasteiger partial charge in [-0.2, -0.15) is 0 Å². The van der Waals surface area contributed by atoms with E-state index in [1.165, 1.54) is 97.2 Å².